The number of anilines is 2. The Hall–Kier alpha value is -4.56. The summed E-state index contributed by atoms with van der Waals surface area (Å²) in [5.41, 5.74) is 2.59. The Bertz CT molecular complexity index is 1610. The molecule has 2 saturated heterocycles. The summed E-state index contributed by atoms with van der Waals surface area (Å²) in [4.78, 5) is 52.3. The first-order valence-corrected chi connectivity index (χ1v) is 15.8. The van der Waals surface area contributed by atoms with Crippen molar-refractivity contribution in [2.75, 3.05) is 71.8 Å². The molecule has 0 unspecified atom stereocenters. The molecule has 5 rings (SSSR count). The summed E-state index contributed by atoms with van der Waals surface area (Å²) in [6.07, 6.45) is 1.61. The zero-order chi connectivity index (χ0) is 31.4. The lowest BCUT2D eigenvalue weighted by atomic mass is 10.1. The van der Waals surface area contributed by atoms with Gasteiger partial charge in [-0.05, 0) is 42.5 Å². The molecule has 0 bridgehead atoms. The van der Waals surface area contributed by atoms with Gasteiger partial charge in [0.2, 0.25) is 21.9 Å². The quantitative estimate of drug-likeness (QED) is 0.443. The van der Waals surface area contributed by atoms with Gasteiger partial charge in [0.1, 0.15) is 0 Å². The summed E-state index contributed by atoms with van der Waals surface area (Å²) < 4.78 is 27.9. The molecule has 0 saturated carbocycles. The van der Waals surface area contributed by atoms with Gasteiger partial charge in [0.15, 0.2) is 0 Å². The maximum absolute atomic E-state index is 13.2. The number of hydrogen-bond acceptors (Lipinski definition) is 8. The number of sulfonamides is 1. The Morgan fingerprint density at radius 1 is 0.773 bits per heavy atom. The van der Waals surface area contributed by atoms with E-state index in [1.807, 2.05) is 0 Å². The van der Waals surface area contributed by atoms with E-state index in [1.54, 1.807) is 89.6 Å². The number of rotatable bonds is 6. The third-order valence-corrected chi connectivity index (χ3v) is 9.65. The Morgan fingerprint density at radius 2 is 1.36 bits per heavy atom. The number of carbonyl (C=O) groups excluding carboxylic acids is 3. The molecule has 13 nitrogen and oxygen atoms in total. The maximum atomic E-state index is 13.2. The second-order valence-corrected chi connectivity index (χ2v) is 12.8. The number of nitrogens with zero attached hydrogens (tertiary/aromatic N) is 7. The molecule has 2 aliphatic rings. The Morgan fingerprint density at radius 3 is 1.95 bits per heavy atom. The van der Waals surface area contributed by atoms with E-state index < -0.39 is 10.0 Å². The fourth-order valence-electron chi connectivity index (χ4n) is 5.16. The summed E-state index contributed by atoms with van der Waals surface area (Å²) in [5, 5.41) is 3.15. The molecule has 0 aliphatic carbocycles. The lowest BCUT2D eigenvalue weighted by molar-refractivity contribution is -0.130. The molecule has 14 heteroatoms. The summed E-state index contributed by atoms with van der Waals surface area (Å²) in [5.74, 6) is 0.290. The van der Waals surface area contributed by atoms with Gasteiger partial charge in [0.05, 0.1) is 10.6 Å². The zero-order valence-electron chi connectivity index (χ0n) is 25.0. The molecular weight excluding hydrogens is 584 g/mol. The van der Waals surface area contributed by atoms with Gasteiger partial charge in [-0.15, -0.1) is 0 Å². The van der Waals surface area contributed by atoms with Crippen LogP contribution < -0.4 is 5.32 Å². The number of piperazine rings is 2. The number of carbonyl (C=O) groups is 3. The highest BCUT2D eigenvalue weighted by Crippen LogP contribution is 2.24. The second kappa shape index (κ2) is 13.0. The monoisotopic (exact) mass is 620 g/mol. The van der Waals surface area contributed by atoms with Crippen LogP contribution in [0.25, 0.3) is 11.3 Å². The lowest BCUT2D eigenvalue weighted by Gasteiger charge is -2.35. The van der Waals surface area contributed by atoms with Gasteiger partial charge in [0.25, 0.3) is 5.91 Å². The zero-order valence-corrected chi connectivity index (χ0v) is 25.8. The summed E-state index contributed by atoms with van der Waals surface area (Å²) >= 11 is 0. The van der Waals surface area contributed by atoms with E-state index >= 15 is 0 Å². The van der Waals surface area contributed by atoms with Crippen LogP contribution in [0.1, 0.15) is 17.3 Å². The fraction of sp³-hybridized carbons (Fsp3) is 0.367. The predicted octanol–water partition coefficient (Wildman–Crippen LogP) is 2.18. The van der Waals surface area contributed by atoms with Crippen LogP contribution >= 0.6 is 0 Å². The number of urea groups is 1. The van der Waals surface area contributed by atoms with Crippen molar-refractivity contribution in [2.24, 2.45) is 0 Å². The smallest absolute Gasteiger partial charge is 0.319 e. The van der Waals surface area contributed by atoms with Gasteiger partial charge in [-0.3, -0.25) is 9.59 Å². The standard InChI is InChI=1S/C30H36N8O5S/c1-22(39)35-14-16-36(17-15-35)28(40)24-4-8-25(9-5-24)32-29-31-13-12-27(33-29)23-6-10-26(11-7-23)44(42,43)38-20-18-37(19-21-38)30(41)34(2)3/h4-13H,14-21H2,1-3H3,(H,31,32,33). The second-order valence-electron chi connectivity index (χ2n) is 10.9. The molecule has 2 aliphatic heterocycles. The first-order valence-electron chi connectivity index (χ1n) is 14.3. The summed E-state index contributed by atoms with van der Waals surface area (Å²) in [6.45, 7) is 4.75. The molecule has 2 fully saturated rings. The number of nitrogens with one attached hydrogen (secondary N) is 1. The SMILES string of the molecule is CC(=O)N1CCN(C(=O)c2ccc(Nc3nccc(-c4ccc(S(=O)(=O)N5CCN(C(=O)N(C)C)CC5)cc4)n3)cc2)CC1. The average Bonchev–Trinajstić information content (AvgIpc) is 3.04. The maximum Gasteiger partial charge on any atom is 0.319 e. The molecule has 44 heavy (non-hydrogen) atoms. The third-order valence-electron chi connectivity index (χ3n) is 7.74. The van der Waals surface area contributed by atoms with Gasteiger partial charge in [0, 0.05) is 96.4 Å². The molecule has 2 aromatic carbocycles. The highest BCUT2D eigenvalue weighted by atomic mass is 32.2. The van der Waals surface area contributed by atoms with Crippen LogP contribution in [0.5, 0.6) is 0 Å². The van der Waals surface area contributed by atoms with Crippen molar-refractivity contribution in [3.63, 3.8) is 0 Å². The van der Waals surface area contributed by atoms with Crippen LogP contribution in [-0.4, -0.2) is 127 Å². The molecule has 3 heterocycles. The van der Waals surface area contributed by atoms with Crippen molar-refractivity contribution in [1.82, 2.24) is 33.9 Å². The van der Waals surface area contributed by atoms with Crippen LogP contribution in [0.15, 0.2) is 65.7 Å². The lowest BCUT2D eigenvalue weighted by Crippen LogP contribution is -2.52. The van der Waals surface area contributed by atoms with Crippen molar-refractivity contribution < 1.29 is 22.8 Å². The van der Waals surface area contributed by atoms with E-state index in [1.165, 1.54) is 16.1 Å². The predicted molar refractivity (Wildman–Crippen MR) is 165 cm³/mol. The van der Waals surface area contributed by atoms with Gasteiger partial charge in [-0.2, -0.15) is 4.31 Å². The van der Waals surface area contributed by atoms with Crippen molar-refractivity contribution >= 4 is 39.5 Å². The normalized spacial score (nSPS) is 16.0. The van der Waals surface area contributed by atoms with Gasteiger partial charge in [-0.25, -0.2) is 23.2 Å². The van der Waals surface area contributed by atoms with E-state index in [0.29, 0.717) is 62.2 Å². The Balaban J connectivity index is 1.20. The molecular formula is C30H36N8O5S. The van der Waals surface area contributed by atoms with Crippen molar-refractivity contribution in [3.8, 4) is 11.3 Å². The van der Waals surface area contributed by atoms with Gasteiger partial charge < -0.3 is 24.9 Å². The molecule has 1 aromatic heterocycles. The summed E-state index contributed by atoms with van der Waals surface area (Å²) in [7, 11) is -0.359. The van der Waals surface area contributed by atoms with Crippen LogP contribution in [-0.2, 0) is 14.8 Å². The van der Waals surface area contributed by atoms with Gasteiger partial charge >= 0.3 is 6.03 Å². The minimum atomic E-state index is -3.71. The largest absolute Gasteiger partial charge is 0.339 e. The molecule has 0 atom stereocenters. The first kappa shape index (κ1) is 30.9. The molecule has 232 valence electrons. The molecule has 0 spiro atoms. The molecule has 3 aromatic rings. The fourth-order valence-corrected chi connectivity index (χ4v) is 6.58. The van der Waals surface area contributed by atoms with Crippen molar-refractivity contribution in [2.45, 2.75) is 11.8 Å². The topological polar surface area (TPSA) is 139 Å². The van der Waals surface area contributed by atoms with Crippen LogP contribution in [0, 0.1) is 0 Å². The first-order chi connectivity index (χ1) is 21.0. The van der Waals surface area contributed by atoms with Crippen LogP contribution in [0.3, 0.4) is 0 Å². The highest BCUT2D eigenvalue weighted by molar-refractivity contribution is 7.89. The number of benzene rings is 2. The molecule has 4 amide bonds. The number of aromatic nitrogens is 2. The van der Waals surface area contributed by atoms with E-state index in [0.717, 1.165) is 5.56 Å². The number of amides is 4. The molecule has 0 radical (unpaired) electrons. The summed E-state index contributed by atoms with van der Waals surface area (Å²) in [6, 6.07) is 15.2. The van der Waals surface area contributed by atoms with Crippen molar-refractivity contribution in [1.29, 1.82) is 0 Å². The number of hydrogen-bond donors (Lipinski definition) is 1. The Kier molecular flexibility index (Phi) is 9.11. The van der Waals surface area contributed by atoms with E-state index in [4.69, 9.17) is 0 Å². The third kappa shape index (κ3) is 6.81. The average molecular weight is 621 g/mol. The van der Waals surface area contributed by atoms with Crippen LogP contribution in [0.2, 0.25) is 0 Å². The minimum absolute atomic E-state index is 0.0183. The van der Waals surface area contributed by atoms with E-state index in [9.17, 15) is 22.8 Å². The highest BCUT2D eigenvalue weighted by Gasteiger charge is 2.30. The van der Waals surface area contributed by atoms with Gasteiger partial charge in [-0.1, -0.05) is 12.1 Å². The van der Waals surface area contributed by atoms with Crippen LogP contribution in [0.4, 0.5) is 16.4 Å². The molecule has 1 N–H and O–H groups in total. The minimum Gasteiger partial charge on any atom is -0.339 e. The van der Waals surface area contributed by atoms with Crippen molar-refractivity contribution in [3.05, 3.63) is 66.4 Å². The van der Waals surface area contributed by atoms with E-state index in [-0.39, 0.29) is 35.8 Å². The van der Waals surface area contributed by atoms with E-state index in [2.05, 4.69) is 15.3 Å². The Labute approximate surface area is 257 Å².